The Kier molecular flexibility index (Phi) is 4.73. The molecule has 0 saturated heterocycles. The zero-order chi connectivity index (χ0) is 19.2. The summed E-state index contributed by atoms with van der Waals surface area (Å²) in [6, 6.07) is 3.58. The maximum absolute atomic E-state index is 13.1. The highest BCUT2D eigenvalue weighted by Crippen LogP contribution is 2.61. The highest BCUT2D eigenvalue weighted by atomic mass is 16.5. The average Bonchev–Trinajstić information content (AvgIpc) is 2.65. The molecule has 4 aliphatic carbocycles. The van der Waals surface area contributed by atoms with Gasteiger partial charge in [-0.25, -0.2) is 0 Å². The van der Waals surface area contributed by atoms with Gasteiger partial charge in [0.2, 0.25) is 0 Å². The summed E-state index contributed by atoms with van der Waals surface area (Å²) in [5.41, 5.74) is 0.764. The minimum atomic E-state index is -0.101. The Morgan fingerprint density at radius 2 is 1.41 bits per heavy atom. The predicted octanol–water partition coefficient (Wildman–Crippen LogP) is 4.05. The van der Waals surface area contributed by atoms with Gasteiger partial charge in [-0.1, -0.05) is 0 Å². The molecule has 4 bridgehead atoms. The van der Waals surface area contributed by atoms with Crippen LogP contribution in [0.1, 0.15) is 55.8 Å². The number of carbonyl (C=O) groups excluding carboxylic acids is 1. The lowest BCUT2D eigenvalue weighted by Gasteiger charge is -2.59. The first-order chi connectivity index (χ1) is 13.0. The Morgan fingerprint density at radius 3 is 1.89 bits per heavy atom. The van der Waals surface area contributed by atoms with Crippen molar-refractivity contribution >= 4 is 5.91 Å². The second kappa shape index (κ2) is 6.92. The van der Waals surface area contributed by atoms with Crippen LogP contribution in [0.3, 0.4) is 0 Å². The van der Waals surface area contributed by atoms with E-state index in [0.29, 0.717) is 22.8 Å². The molecule has 0 unspecified atom stereocenters. The molecule has 5 heteroatoms. The van der Waals surface area contributed by atoms with Crippen molar-refractivity contribution in [2.75, 3.05) is 21.3 Å². The zero-order valence-electron chi connectivity index (χ0n) is 16.8. The van der Waals surface area contributed by atoms with Gasteiger partial charge in [0.25, 0.3) is 5.91 Å². The number of benzene rings is 1. The van der Waals surface area contributed by atoms with Crippen LogP contribution in [-0.4, -0.2) is 33.3 Å². The summed E-state index contributed by atoms with van der Waals surface area (Å²) in [5.74, 6) is 4.09. The molecule has 4 saturated carbocycles. The molecule has 5 nitrogen and oxygen atoms in total. The largest absolute Gasteiger partial charge is 0.496 e. The van der Waals surface area contributed by atoms with Gasteiger partial charge in [-0.05, 0) is 68.6 Å². The molecule has 4 fully saturated rings. The lowest BCUT2D eigenvalue weighted by Crippen LogP contribution is -2.55. The zero-order valence-corrected chi connectivity index (χ0v) is 16.8. The van der Waals surface area contributed by atoms with Crippen LogP contribution >= 0.6 is 0 Å². The van der Waals surface area contributed by atoms with E-state index in [-0.39, 0.29) is 17.4 Å². The monoisotopic (exact) mass is 373 g/mol. The van der Waals surface area contributed by atoms with Crippen LogP contribution in [0.4, 0.5) is 0 Å². The first-order valence-electron chi connectivity index (χ1n) is 10.1. The molecule has 1 aromatic rings. The van der Waals surface area contributed by atoms with E-state index in [1.165, 1.54) is 38.5 Å². The van der Waals surface area contributed by atoms with Gasteiger partial charge in [0.15, 0.2) is 11.5 Å². The quantitative estimate of drug-likeness (QED) is 0.817. The van der Waals surface area contributed by atoms with E-state index >= 15 is 0 Å². The molecule has 1 N–H and O–H groups in total. The Balaban J connectivity index is 1.55. The van der Waals surface area contributed by atoms with Crippen molar-refractivity contribution < 1.29 is 19.0 Å². The lowest BCUT2D eigenvalue weighted by atomic mass is 9.48. The SMILES string of the molecule is COc1cc(OC)c(C(=O)N[C@@H](C)C23CC4CC(CC(C4)C2)C3)cc1OC. The number of carbonyl (C=O) groups is 1. The summed E-state index contributed by atoms with van der Waals surface area (Å²) in [6.45, 7) is 2.19. The van der Waals surface area contributed by atoms with Gasteiger partial charge < -0.3 is 19.5 Å². The molecule has 148 valence electrons. The van der Waals surface area contributed by atoms with Crippen molar-refractivity contribution in [1.82, 2.24) is 5.32 Å². The minimum absolute atomic E-state index is 0.101. The average molecular weight is 373 g/mol. The molecule has 0 aliphatic heterocycles. The third-order valence-corrected chi connectivity index (χ3v) is 7.30. The van der Waals surface area contributed by atoms with Crippen LogP contribution in [0.2, 0.25) is 0 Å². The van der Waals surface area contributed by atoms with E-state index in [0.717, 1.165) is 17.8 Å². The summed E-state index contributed by atoms with van der Waals surface area (Å²) in [6.07, 6.45) is 8.02. The third-order valence-electron chi connectivity index (χ3n) is 7.30. The Hall–Kier alpha value is -1.91. The van der Waals surface area contributed by atoms with E-state index in [1.54, 1.807) is 33.5 Å². The van der Waals surface area contributed by atoms with Gasteiger partial charge in [-0.2, -0.15) is 0 Å². The van der Waals surface area contributed by atoms with Gasteiger partial charge in [-0.15, -0.1) is 0 Å². The van der Waals surface area contributed by atoms with Gasteiger partial charge in [0.1, 0.15) is 5.75 Å². The maximum Gasteiger partial charge on any atom is 0.255 e. The molecule has 1 amide bonds. The van der Waals surface area contributed by atoms with E-state index in [4.69, 9.17) is 14.2 Å². The Morgan fingerprint density at radius 1 is 0.926 bits per heavy atom. The Bertz CT molecular complexity index is 694. The van der Waals surface area contributed by atoms with Crippen LogP contribution in [0.25, 0.3) is 0 Å². The van der Waals surface area contributed by atoms with Gasteiger partial charge in [-0.3, -0.25) is 4.79 Å². The molecule has 0 spiro atoms. The van der Waals surface area contributed by atoms with Crippen molar-refractivity contribution in [3.8, 4) is 17.2 Å². The number of ether oxygens (including phenoxy) is 3. The van der Waals surface area contributed by atoms with Gasteiger partial charge in [0.05, 0.1) is 26.9 Å². The number of methoxy groups -OCH3 is 3. The number of hydrogen-bond acceptors (Lipinski definition) is 4. The molecular formula is C22H31NO4. The number of amides is 1. The summed E-state index contributed by atoms with van der Waals surface area (Å²) < 4.78 is 16.1. The fourth-order valence-corrected chi connectivity index (χ4v) is 6.34. The van der Waals surface area contributed by atoms with Crippen molar-refractivity contribution in [3.63, 3.8) is 0 Å². The highest BCUT2D eigenvalue weighted by Gasteiger charge is 2.53. The smallest absolute Gasteiger partial charge is 0.255 e. The van der Waals surface area contributed by atoms with Crippen LogP contribution in [0, 0.1) is 23.2 Å². The first-order valence-corrected chi connectivity index (χ1v) is 10.1. The van der Waals surface area contributed by atoms with Crippen molar-refractivity contribution in [2.45, 2.75) is 51.5 Å². The van der Waals surface area contributed by atoms with Crippen molar-refractivity contribution in [2.24, 2.45) is 23.2 Å². The third kappa shape index (κ3) is 3.15. The summed E-state index contributed by atoms with van der Waals surface area (Å²) >= 11 is 0. The minimum Gasteiger partial charge on any atom is -0.496 e. The molecule has 5 rings (SSSR count). The van der Waals surface area contributed by atoms with E-state index in [9.17, 15) is 4.79 Å². The van der Waals surface area contributed by atoms with E-state index in [2.05, 4.69) is 12.2 Å². The number of nitrogens with one attached hydrogen (secondary N) is 1. The van der Waals surface area contributed by atoms with Crippen LogP contribution in [-0.2, 0) is 0 Å². The first kappa shape index (κ1) is 18.5. The van der Waals surface area contributed by atoms with E-state index in [1.807, 2.05) is 0 Å². The second-order valence-electron chi connectivity index (χ2n) is 8.88. The summed E-state index contributed by atoms with van der Waals surface area (Å²) in [5, 5.41) is 3.30. The lowest BCUT2D eigenvalue weighted by molar-refractivity contribution is -0.0688. The predicted molar refractivity (Wildman–Crippen MR) is 104 cm³/mol. The normalized spacial score (nSPS) is 32.1. The van der Waals surface area contributed by atoms with Crippen molar-refractivity contribution in [1.29, 1.82) is 0 Å². The topological polar surface area (TPSA) is 56.8 Å². The molecule has 1 atom stereocenters. The van der Waals surface area contributed by atoms with Crippen LogP contribution in [0.15, 0.2) is 12.1 Å². The van der Waals surface area contributed by atoms with Gasteiger partial charge >= 0.3 is 0 Å². The number of rotatable bonds is 6. The van der Waals surface area contributed by atoms with Crippen molar-refractivity contribution in [3.05, 3.63) is 17.7 Å². The standard InChI is InChI=1S/C22H31NO4/c1-13(22-10-14-5-15(11-22)7-16(6-14)12-22)23-21(24)17-8-19(26-3)20(27-4)9-18(17)25-2/h8-9,13-16H,5-7,10-12H2,1-4H3,(H,23,24)/t13-,14?,15?,16?,22?/m0/s1. The molecule has 27 heavy (non-hydrogen) atoms. The van der Waals surface area contributed by atoms with Crippen LogP contribution in [0.5, 0.6) is 17.2 Å². The van der Waals surface area contributed by atoms with E-state index < -0.39 is 0 Å². The summed E-state index contributed by atoms with van der Waals surface area (Å²) in [4.78, 5) is 13.1. The molecule has 0 heterocycles. The van der Waals surface area contributed by atoms with Gasteiger partial charge in [0, 0.05) is 18.2 Å². The molecule has 0 radical (unpaired) electrons. The second-order valence-corrected chi connectivity index (χ2v) is 8.88. The fourth-order valence-electron chi connectivity index (χ4n) is 6.34. The molecule has 1 aromatic carbocycles. The number of hydrogen-bond donors (Lipinski definition) is 1. The molecular weight excluding hydrogens is 342 g/mol. The summed E-state index contributed by atoms with van der Waals surface area (Å²) in [7, 11) is 4.72. The maximum atomic E-state index is 13.1. The molecule has 4 aliphatic rings. The highest BCUT2D eigenvalue weighted by molar-refractivity contribution is 5.98. The Labute approximate surface area is 161 Å². The van der Waals surface area contributed by atoms with Crippen LogP contribution < -0.4 is 19.5 Å². The molecule has 0 aromatic heterocycles. The fraction of sp³-hybridized carbons (Fsp3) is 0.682.